The first kappa shape index (κ1) is 11.8. The molecule has 0 radical (unpaired) electrons. The first-order chi connectivity index (χ1) is 7.66. The molecule has 88 valence electrons. The molecule has 1 aromatic rings. The molecule has 2 atom stereocenters. The van der Waals surface area contributed by atoms with Crippen LogP contribution in [0.4, 0.5) is 8.78 Å². The Bertz CT molecular complexity index is 349. The predicted octanol–water partition coefficient (Wildman–Crippen LogP) is 2.10. The molecule has 1 aliphatic rings. The molecule has 16 heavy (non-hydrogen) atoms. The van der Waals surface area contributed by atoms with Crippen molar-refractivity contribution in [2.24, 2.45) is 5.73 Å². The van der Waals surface area contributed by atoms with Gasteiger partial charge in [0.1, 0.15) is 11.6 Å². The van der Waals surface area contributed by atoms with E-state index in [1.54, 1.807) is 11.8 Å². The molecule has 2 N–H and O–H groups in total. The Balaban J connectivity index is 2.15. The Morgan fingerprint density at radius 1 is 1.31 bits per heavy atom. The molecular weight excluding hydrogens is 232 g/mol. The summed E-state index contributed by atoms with van der Waals surface area (Å²) in [6.45, 7) is 0.640. The quantitative estimate of drug-likeness (QED) is 0.866. The van der Waals surface area contributed by atoms with Gasteiger partial charge in [0.25, 0.3) is 0 Å². The Hall–Kier alpha value is -0.650. The molecule has 1 aliphatic heterocycles. The highest BCUT2D eigenvalue weighted by molar-refractivity contribution is 7.99. The molecule has 0 amide bonds. The van der Waals surface area contributed by atoms with E-state index in [1.165, 1.54) is 12.1 Å². The highest BCUT2D eigenvalue weighted by atomic mass is 32.2. The molecular formula is C11H13F2NOS. The van der Waals surface area contributed by atoms with Crippen LogP contribution in [0, 0.1) is 11.6 Å². The largest absolute Gasteiger partial charge is 0.375 e. The number of thioether (sulfide) groups is 1. The molecule has 1 heterocycles. The lowest BCUT2D eigenvalue weighted by Gasteiger charge is -2.27. The van der Waals surface area contributed by atoms with Gasteiger partial charge < -0.3 is 10.5 Å². The molecule has 1 fully saturated rings. The fourth-order valence-corrected chi connectivity index (χ4v) is 2.61. The van der Waals surface area contributed by atoms with E-state index >= 15 is 0 Å². The Labute approximate surface area is 97.2 Å². The average Bonchev–Trinajstić information content (AvgIpc) is 2.28. The lowest BCUT2D eigenvalue weighted by atomic mass is 10.0. The SMILES string of the molecule is NC(c1cc(F)cc(F)c1)C1CSCCO1. The molecule has 1 aromatic carbocycles. The summed E-state index contributed by atoms with van der Waals surface area (Å²) in [4.78, 5) is 0. The summed E-state index contributed by atoms with van der Waals surface area (Å²) < 4.78 is 31.5. The van der Waals surface area contributed by atoms with E-state index in [-0.39, 0.29) is 6.10 Å². The molecule has 2 nitrogen and oxygen atoms in total. The molecule has 0 bridgehead atoms. The van der Waals surface area contributed by atoms with Gasteiger partial charge in [0.05, 0.1) is 18.8 Å². The maximum absolute atomic E-state index is 13.0. The van der Waals surface area contributed by atoms with Crippen LogP contribution in [0.5, 0.6) is 0 Å². The Kier molecular flexibility index (Phi) is 3.78. The van der Waals surface area contributed by atoms with Crippen molar-refractivity contribution in [1.82, 2.24) is 0 Å². The van der Waals surface area contributed by atoms with Crippen molar-refractivity contribution in [3.63, 3.8) is 0 Å². The van der Waals surface area contributed by atoms with Gasteiger partial charge in [-0.15, -0.1) is 0 Å². The second kappa shape index (κ2) is 5.12. The normalized spacial score (nSPS) is 23.1. The van der Waals surface area contributed by atoms with E-state index in [2.05, 4.69) is 0 Å². The number of nitrogens with two attached hydrogens (primary N) is 1. The average molecular weight is 245 g/mol. The molecule has 0 spiro atoms. The van der Waals surface area contributed by atoms with E-state index in [4.69, 9.17) is 10.5 Å². The van der Waals surface area contributed by atoms with Crippen LogP contribution in [0.3, 0.4) is 0 Å². The minimum Gasteiger partial charge on any atom is -0.375 e. The summed E-state index contributed by atoms with van der Waals surface area (Å²) in [6.07, 6.45) is -0.167. The first-order valence-corrected chi connectivity index (χ1v) is 6.23. The monoisotopic (exact) mass is 245 g/mol. The van der Waals surface area contributed by atoms with Crippen LogP contribution >= 0.6 is 11.8 Å². The lowest BCUT2D eigenvalue weighted by Crippen LogP contribution is -2.34. The summed E-state index contributed by atoms with van der Waals surface area (Å²) in [5.74, 6) is 0.503. The summed E-state index contributed by atoms with van der Waals surface area (Å²) >= 11 is 1.74. The number of ether oxygens (including phenoxy) is 1. The van der Waals surface area contributed by atoms with Crippen LogP contribution in [0.1, 0.15) is 11.6 Å². The highest BCUT2D eigenvalue weighted by Crippen LogP contribution is 2.24. The number of rotatable bonds is 2. The fraction of sp³-hybridized carbons (Fsp3) is 0.455. The van der Waals surface area contributed by atoms with Crippen LogP contribution in [0.15, 0.2) is 18.2 Å². The third-order valence-corrected chi connectivity index (χ3v) is 3.53. The summed E-state index contributed by atoms with van der Waals surface area (Å²) in [5, 5.41) is 0. The van der Waals surface area contributed by atoms with E-state index < -0.39 is 17.7 Å². The third-order valence-electron chi connectivity index (χ3n) is 2.51. The van der Waals surface area contributed by atoms with Crippen LogP contribution in [-0.2, 0) is 4.74 Å². The number of benzene rings is 1. The Morgan fingerprint density at radius 3 is 2.56 bits per heavy atom. The van der Waals surface area contributed by atoms with Crippen molar-refractivity contribution in [3.8, 4) is 0 Å². The number of hydrogen-bond donors (Lipinski definition) is 1. The van der Waals surface area contributed by atoms with Gasteiger partial charge in [0, 0.05) is 17.6 Å². The van der Waals surface area contributed by atoms with E-state index in [1.807, 2.05) is 0 Å². The zero-order valence-electron chi connectivity index (χ0n) is 8.66. The van der Waals surface area contributed by atoms with Gasteiger partial charge >= 0.3 is 0 Å². The van der Waals surface area contributed by atoms with Crippen LogP contribution in [0.2, 0.25) is 0 Å². The maximum atomic E-state index is 13.0. The van der Waals surface area contributed by atoms with Gasteiger partial charge in [-0.1, -0.05) is 0 Å². The highest BCUT2D eigenvalue weighted by Gasteiger charge is 2.23. The molecule has 2 unspecified atom stereocenters. The topological polar surface area (TPSA) is 35.2 Å². The van der Waals surface area contributed by atoms with E-state index in [9.17, 15) is 8.78 Å². The smallest absolute Gasteiger partial charge is 0.126 e. The van der Waals surface area contributed by atoms with E-state index in [0.717, 1.165) is 17.6 Å². The molecule has 1 saturated heterocycles. The van der Waals surface area contributed by atoms with E-state index in [0.29, 0.717) is 12.2 Å². The molecule has 0 aromatic heterocycles. The maximum Gasteiger partial charge on any atom is 0.126 e. The van der Waals surface area contributed by atoms with Crippen LogP contribution in [0.25, 0.3) is 0 Å². The van der Waals surface area contributed by atoms with Crippen molar-refractivity contribution in [2.75, 3.05) is 18.1 Å². The minimum atomic E-state index is -0.603. The van der Waals surface area contributed by atoms with Crippen molar-refractivity contribution in [2.45, 2.75) is 12.1 Å². The standard InChI is InChI=1S/C11H13F2NOS/c12-8-3-7(4-9(13)5-8)11(14)10-6-16-2-1-15-10/h3-5,10-11H,1-2,6,14H2. The third kappa shape index (κ3) is 2.72. The van der Waals surface area contributed by atoms with Crippen LogP contribution in [-0.4, -0.2) is 24.2 Å². The molecule has 2 rings (SSSR count). The predicted molar refractivity (Wildman–Crippen MR) is 60.4 cm³/mol. The van der Waals surface area contributed by atoms with Gasteiger partial charge in [-0.05, 0) is 17.7 Å². The van der Waals surface area contributed by atoms with Crippen molar-refractivity contribution < 1.29 is 13.5 Å². The van der Waals surface area contributed by atoms with Crippen molar-refractivity contribution in [1.29, 1.82) is 0 Å². The second-order valence-electron chi connectivity index (χ2n) is 3.71. The van der Waals surface area contributed by atoms with Gasteiger partial charge in [0.2, 0.25) is 0 Å². The summed E-state index contributed by atoms with van der Waals surface area (Å²) in [5.41, 5.74) is 6.38. The minimum absolute atomic E-state index is 0.167. The van der Waals surface area contributed by atoms with Gasteiger partial charge in [0.15, 0.2) is 0 Å². The first-order valence-electron chi connectivity index (χ1n) is 5.08. The van der Waals surface area contributed by atoms with Crippen molar-refractivity contribution >= 4 is 11.8 Å². The zero-order chi connectivity index (χ0) is 11.5. The Morgan fingerprint density at radius 2 is 2.00 bits per heavy atom. The molecule has 0 aliphatic carbocycles. The van der Waals surface area contributed by atoms with Gasteiger partial charge in [-0.2, -0.15) is 11.8 Å². The van der Waals surface area contributed by atoms with Gasteiger partial charge in [-0.25, -0.2) is 8.78 Å². The lowest BCUT2D eigenvalue weighted by molar-refractivity contribution is 0.0568. The number of hydrogen-bond acceptors (Lipinski definition) is 3. The second-order valence-corrected chi connectivity index (χ2v) is 4.86. The van der Waals surface area contributed by atoms with Crippen molar-refractivity contribution in [3.05, 3.63) is 35.4 Å². The molecule has 0 saturated carbocycles. The number of halogens is 2. The molecule has 5 heteroatoms. The summed E-state index contributed by atoms with van der Waals surface area (Å²) in [6, 6.07) is 2.89. The fourth-order valence-electron chi connectivity index (χ4n) is 1.70. The van der Waals surface area contributed by atoms with Crippen LogP contribution < -0.4 is 5.73 Å². The summed E-state index contributed by atoms with van der Waals surface area (Å²) in [7, 11) is 0. The zero-order valence-corrected chi connectivity index (χ0v) is 9.47. The van der Waals surface area contributed by atoms with Gasteiger partial charge in [-0.3, -0.25) is 0 Å².